The molecule has 0 saturated carbocycles. The van der Waals surface area contributed by atoms with Crippen molar-refractivity contribution in [3.05, 3.63) is 34.6 Å². The van der Waals surface area contributed by atoms with E-state index in [2.05, 4.69) is 0 Å². The number of nitrogens with zero attached hydrogens (tertiary/aromatic N) is 1. The molecule has 1 aromatic rings. The molecule has 0 aromatic heterocycles. The van der Waals surface area contributed by atoms with Crippen LogP contribution in [-0.2, 0) is 10.3 Å². The normalized spacial score (nSPS) is 26.8. The van der Waals surface area contributed by atoms with Gasteiger partial charge in [-0.15, -0.1) is 4.90 Å². The van der Waals surface area contributed by atoms with Crippen molar-refractivity contribution >= 4 is 5.97 Å². The SMILES string of the molecule is O=C([O-])[C@@]1(c2c(F)c(F)c(F)c(F)c2F)N(C(F)(F)F)C(F)(F)C(F)(F)C(F)(F)C1(F)F. The van der Waals surface area contributed by atoms with E-state index in [0.717, 1.165) is 0 Å². The molecule has 3 nitrogen and oxygen atoms in total. The Morgan fingerprint density at radius 2 is 1.00 bits per heavy atom. The summed E-state index contributed by atoms with van der Waals surface area (Å²) in [5.41, 5.74) is -11.3. The summed E-state index contributed by atoms with van der Waals surface area (Å²) in [6.07, 6.45) is -7.63. The number of carbonyl (C=O) groups excluding carboxylic acids is 1. The molecule has 32 heavy (non-hydrogen) atoms. The first-order valence-corrected chi connectivity index (χ1v) is 7.10. The van der Waals surface area contributed by atoms with E-state index < -0.39 is 81.2 Å². The summed E-state index contributed by atoms with van der Waals surface area (Å²) >= 11 is 0. The van der Waals surface area contributed by atoms with Crippen LogP contribution < -0.4 is 5.11 Å². The quantitative estimate of drug-likeness (QED) is 0.267. The molecule has 0 bridgehead atoms. The third-order valence-electron chi connectivity index (χ3n) is 4.36. The molecule has 182 valence electrons. The lowest BCUT2D eigenvalue weighted by Gasteiger charge is -2.58. The van der Waals surface area contributed by atoms with Crippen LogP contribution in [0.5, 0.6) is 0 Å². The zero-order valence-electron chi connectivity index (χ0n) is 13.8. The highest BCUT2D eigenvalue weighted by molar-refractivity contribution is 5.82. The second-order valence-electron chi connectivity index (χ2n) is 6.01. The molecule has 0 aliphatic carbocycles. The minimum Gasteiger partial charge on any atom is -0.547 e. The van der Waals surface area contributed by atoms with E-state index in [1.165, 1.54) is 0 Å². The Kier molecular flexibility index (Phi) is 5.26. The Bertz CT molecular complexity index is 956. The van der Waals surface area contributed by atoms with Gasteiger partial charge in [-0.2, -0.15) is 48.3 Å². The monoisotopic (exact) mass is 506 g/mol. The van der Waals surface area contributed by atoms with Crippen molar-refractivity contribution in [3.63, 3.8) is 0 Å². The van der Waals surface area contributed by atoms with Gasteiger partial charge in [-0.05, 0) is 0 Å². The molecule has 1 fully saturated rings. The number of carbonyl (C=O) groups is 1. The minimum absolute atomic E-state index is 3.39. The maximum Gasteiger partial charge on any atom is 0.466 e. The average molecular weight is 506 g/mol. The summed E-state index contributed by atoms with van der Waals surface area (Å²) in [6, 6.07) is -7.79. The van der Waals surface area contributed by atoms with Crippen LogP contribution in [0.4, 0.5) is 70.2 Å². The fourth-order valence-electron chi connectivity index (χ4n) is 2.97. The number of carboxylic acids is 1. The highest BCUT2D eigenvalue weighted by Crippen LogP contribution is 2.68. The summed E-state index contributed by atoms with van der Waals surface area (Å²) in [5, 5.41) is 11.2. The Labute approximate surface area is 162 Å². The van der Waals surface area contributed by atoms with Crippen LogP contribution >= 0.6 is 0 Å². The standard InChI is InChI=1S/C13HF16NO2/c14-2-1(3(15)5(17)6(18)4(2)16)8(7(31)32)9(19,20)10(21,22)11(23,24)12(25,26)30(8)13(27,28)29/h(H,31,32)/p-1/t8-/m1/s1. The molecular formula is C13F16NO2-. The van der Waals surface area contributed by atoms with Crippen LogP contribution in [0.3, 0.4) is 0 Å². The molecule has 0 unspecified atom stereocenters. The third-order valence-corrected chi connectivity index (χ3v) is 4.36. The molecule has 1 aromatic carbocycles. The highest BCUT2D eigenvalue weighted by Gasteiger charge is 2.96. The molecule has 1 aliphatic heterocycles. The van der Waals surface area contributed by atoms with Gasteiger partial charge >= 0.3 is 30.1 Å². The van der Waals surface area contributed by atoms with Gasteiger partial charge in [-0.3, -0.25) is 0 Å². The van der Waals surface area contributed by atoms with Gasteiger partial charge in [0.15, 0.2) is 28.8 Å². The lowest BCUT2D eigenvalue weighted by Crippen LogP contribution is -2.87. The van der Waals surface area contributed by atoms with E-state index in [4.69, 9.17) is 0 Å². The zero-order valence-corrected chi connectivity index (χ0v) is 13.8. The number of hydrogen-bond acceptors (Lipinski definition) is 3. The smallest absolute Gasteiger partial charge is 0.466 e. The van der Waals surface area contributed by atoms with Crippen molar-refractivity contribution < 1.29 is 80.1 Å². The van der Waals surface area contributed by atoms with Gasteiger partial charge in [0.1, 0.15) is 0 Å². The molecule has 0 spiro atoms. The third kappa shape index (κ3) is 2.53. The van der Waals surface area contributed by atoms with Crippen molar-refractivity contribution in [3.8, 4) is 0 Å². The number of aliphatic carboxylic acids is 1. The molecule has 0 amide bonds. The van der Waals surface area contributed by atoms with Crippen LogP contribution in [0.15, 0.2) is 0 Å². The first kappa shape index (κ1) is 25.8. The highest BCUT2D eigenvalue weighted by atomic mass is 19.4. The van der Waals surface area contributed by atoms with Gasteiger partial charge in [-0.25, -0.2) is 22.0 Å². The topological polar surface area (TPSA) is 43.4 Å². The summed E-state index contributed by atoms with van der Waals surface area (Å²) in [6.45, 7) is 0. The first-order valence-electron chi connectivity index (χ1n) is 7.10. The van der Waals surface area contributed by atoms with E-state index in [-0.39, 0.29) is 0 Å². The largest absolute Gasteiger partial charge is 0.547 e. The zero-order chi connectivity index (χ0) is 25.6. The molecule has 1 saturated heterocycles. The van der Waals surface area contributed by atoms with Gasteiger partial charge < -0.3 is 9.90 Å². The van der Waals surface area contributed by atoms with Crippen LogP contribution in [0, 0.1) is 29.1 Å². The van der Waals surface area contributed by atoms with Gasteiger partial charge in [0, 0.05) is 0 Å². The number of alkyl halides is 11. The van der Waals surface area contributed by atoms with E-state index in [0.29, 0.717) is 0 Å². The number of benzene rings is 1. The molecule has 0 radical (unpaired) electrons. The van der Waals surface area contributed by atoms with Gasteiger partial charge in [0.05, 0.1) is 11.5 Å². The number of halogens is 16. The molecule has 19 heteroatoms. The summed E-state index contributed by atoms with van der Waals surface area (Å²) < 4.78 is 218. The number of hydrogen-bond donors (Lipinski definition) is 0. The predicted molar refractivity (Wildman–Crippen MR) is 60.6 cm³/mol. The Morgan fingerprint density at radius 1 is 0.656 bits per heavy atom. The summed E-state index contributed by atoms with van der Waals surface area (Å²) in [4.78, 5) is 7.29. The average Bonchev–Trinajstić information content (AvgIpc) is 2.60. The van der Waals surface area contributed by atoms with Gasteiger partial charge in [-0.1, -0.05) is 0 Å². The van der Waals surface area contributed by atoms with Gasteiger partial charge in [0.2, 0.25) is 5.82 Å². The summed E-state index contributed by atoms with van der Waals surface area (Å²) in [7, 11) is 0. The van der Waals surface area contributed by atoms with Crippen molar-refractivity contribution in [2.24, 2.45) is 0 Å². The number of likely N-dealkylation sites (tertiary alicyclic amines) is 1. The molecule has 1 heterocycles. The summed E-state index contributed by atoms with van der Waals surface area (Å²) in [5.74, 6) is -46.9. The Balaban J connectivity index is 3.36. The fraction of sp³-hybridized carbons (Fsp3) is 0.462. The van der Waals surface area contributed by atoms with Crippen LogP contribution in [0.2, 0.25) is 0 Å². The van der Waals surface area contributed by atoms with E-state index in [9.17, 15) is 80.1 Å². The lowest BCUT2D eigenvalue weighted by molar-refractivity contribution is -0.514. The van der Waals surface area contributed by atoms with Gasteiger partial charge in [0.25, 0.3) is 0 Å². The second-order valence-corrected chi connectivity index (χ2v) is 6.01. The predicted octanol–water partition coefficient (Wildman–Crippen LogP) is 3.66. The Morgan fingerprint density at radius 3 is 1.31 bits per heavy atom. The van der Waals surface area contributed by atoms with Crippen LogP contribution in [0.25, 0.3) is 0 Å². The Hall–Kier alpha value is -2.47. The van der Waals surface area contributed by atoms with Crippen LogP contribution in [0.1, 0.15) is 5.56 Å². The maximum atomic E-state index is 14.4. The lowest BCUT2D eigenvalue weighted by atomic mass is 9.72. The van der Waals surface area contributed by atoms with Crippen molar-refractivity contribution in [1.29, 1.82) is 0 Å². The maximum absolute atomic E-state index is 14.4. The van der Waals surface area contributed by atoms with Crippen LogP contribution in [-0.4, -0.2) is 41.0 Å². The number of carboxylic acid groups (broad SMARTS) is 1. The van der Waals surface area contributed by atoms with E-state index >= 15 is 0 Å². The molecule has 1 aliphatic rings. The van der Waals surface area contributed by atoms with Crippen molar-refractivity contribution in [2.75, 3.05) is 0 Å². The fourth-order valence-corrected chi connectivity index (χ4v) is 2.97. The first-order chi connectivity index (χ1) is 14.0. The molecule has 0 N–H and O–H groups in total. The van der Waals surface area contributed by atoms with E-state index in [1.54, 1.807) is 0 Å². The molecule has 2 rings (SSSR count). The number of rotatable bonds is 2. The second kappa shape index (κ2) is 6.53. The van der Waals surface area contributed by atoms with Crippen molar-refractivity contribution in [1.82, 2.24) is 4.90 Å². The minimum atomic E-state index is -7.91. The van der Waals surface area contributed by atoms with E-state index in [1.807, 2.05) is 0 Å². The van der Waals surface area contributed by atoms with Crippen molar-refractivity contribution in [2.45, 2.75) is 35.7 Å². The molecule has 1 atom stereocenters. The molecular weight excluding hydrogens is 506 g/mol. The number of piperidine rings is 1.